The predicted molar refractivity (Wildman–Crippen MR) is 59.0 cm³/mol. The molecular weight excluding hydrogens is 231 g/mol. The second kappa shape index (κ2) is 5.41. The Bertz CT molecular complexity index is 423. The zero-order valence-corrected chi connectivity index (χ0v) is 10.1. The van der Waals surface area contributed by atoms with Gasteiger partial charge in [-0.05, 0) is 36.6 Å². The van der Waals surface area contributed by atoms with Gasteiger partial charge in [-0.15, -0.1) is 0 Å². The second-order valence-corrected chi connectivity index (χ2v) is 5.53. The molecule has 1 aromatic carbocycles. The zero-order chi connectivity index (χ0) is 12.2. The van der Waals surface area contributed by atoms with Gasteiger partial charge in [0.15, 0.2) is 0 Å². The first kappa shape index (κ1) is 13.1. The van der Waals surface area contributed by atoms with Gasteiger partial charge in [-0.3, -0.25) is 4.18 Å². The van der Waals surface area contributed by atoms with Crippen molar-refractivity contribution in [1.82, 2.24) is 0 Å². The van der Waals surface area contributed by atoms with Gasteiger partial charge in [0.25, 0.3) is 10.1 Å². The summed E-state index contributed by atoms with van der Waals surface area (Å²) >= 11 is 0. The molecule has 0 fully saturated rings. The number of hydrogen-bond donors (Lipinski definition) is 0. The maximum atomic E-state index is 12.6. The molecule has 0 aliphatic rings. The highest BCUT2D eigenvalue weighted by Gasteiger charge is 2.14. The lowest BCUT2D eigenvalue weighted by Gasteiger charge is -2.07. The molecule has 90 valence electrons. The smallest absolute Gasteiger partial charge is 0.266 e. The SMILES string of the molecule is CC(C)CCOS(=O)(=O)c1ccc(F)cc1. The van der Waals surface area contributed by atoms with Crippen molar-refractivity contribution in [3.05, 3.63) is 30.1 Å². The molecule has 0 bridgehead atoms. The molecule has 0 aliphatic carbocycles. The summed E-state index contributed by atoms with van der Waals surface area (Å²) in [6, 6.07) is 4.58. The maximum absolute atomic E-state index is 12.6. The van der Waals surface area contributed by atoms with Gasteiger partial charge in [-0.2, -0.15) is 8.42 Å². The van der Waals surface area contributed by atoms with Crippen LogP contribution in [-0.2, 0) is 14.3 Å². The van der Waals surface area contributed by atoms with Gasteiger partial charge >= 0.3 is 0 Å². The molecule has 0 amide bonds. The van der Waals surface area contributed by atoms with Gasteiger partial charge in [0, 0.05) is 0 Å². The second-order valence-electron chi connectivity index (χ2n) is 3.91. The third kappa shape index (κ3) is 3.90. The molecule has 1 rings (SSSR count). The lowest BCUT2D eigenvalue weighted by molar-refractivity contribution is 0.292. The van der Waals surface area contributed by atoms with E-state index in [2.05, 4.69) is 0 Å². The summed E-state index contributed by atoms with van der Waals surface area (Å²) in [5, 5.41) is 0. The summed E-state index contributed by atoms with van der Waals surface area (Å²) in [5.41, 5.74) is 0. The van der Waals surface area contributed by atoms with E-state index in [-0.39, 0.29) is 11.5 Å². The Morgan fingerprint density at radius 3 is 2.31 bits per heavy atom. The molecule has 1 aromatic rings. The number of halogens is 1. The van der Waals surface area contributed by atoms with Gasteiger partial charge in [-0.1, -0.05) is 13.8 Å². The van der Waals surface area contributed by atoms with Gasteiger partial charge in [0.05, 0.1) is 11.5 Å². The molecule has 0 N–H and O–H groups in total. The molecule has 16 heavy (non-hydrogen) atoms. The first-order chi connectivity index (χ1) is 7.42. The van der Waals surface area contributed by atoms with E-state index in [1.807, 2.05) is 13.8 Å². The minimum absolute atomic E-state index is 0.0161. The van der Waals surface area contributed by atoms with Crippen molar-refractivity contribution in [3.8, 4) is 0 Å². The highest BCUT2D eigenvalue weighted by molar-refractivity contribution is 7.86. The number of hydrogen-bond acceptors (Lipinski definition) is 3. The standard InChI is InChI=1S/C11H15FO3S/c1-9(2)7-8-15-16(13,14)11-5-3-10(12)4-6-11/h3-6,9H,7-8H2,1-2H3. The van der Waals surface area contributed by atoms with E-state index in [0.29, 0.717) is 12.3 Å². The van der Waals surface area contributed by atoms with Crippen molar-refractivity contribution < 1.29 is 17.0 Å². The van der Waals surface area contributed by atoms with E-state index in [1.165, 1.54) is 12.1 Å². The Morgan fingerprint density at radius 2 is 1.81 bits per heavy atom. The molecule has 0 saturated heterocycles. The summed E-state index contributed by atoms with van der Waals surface area (Å²) < 4.78 is 40.6. The van der Waals surface area contributed by atoms with Crippen LogP contribution < -0.4 is 0 Å². The van der Waals surface area contributed by atoms with Crippen molar-refractivity contribution in [3.63, 3.8) is 0 Å². The molecule has 0 saturated carbocycles. The highest BCUT2D eigenvalue weighted by atomic mass is 32.2. The molecule has 0 spiro atoms. The predicted octanol–water partition coefficient (Wildman–Crippen LogP) is 2.58. The van der Waals surface area contributed by atoms with Gasteiger partial charge in [-0.25, -0.2) is 4.39 Å². The Kier molecular flexibility index (Phi) is 4.44. The molecule has 0 aromatic heterocycles. The van der Waals surface area contributed by atoms with Crippen molar-refractivity contribution in [1.29, 1.82) is 0 Å². The van der Waals surface area contributed by atoms with Gasteiger partial charge < -0.3 is 0 Å². The fourth-order valence-electron chi connectivity index (χ4n) is 1.06. The maximum Gasteiger partial charge on any atom is 0.296 e. The lowest BCUT2D eigenvalue weighted by atomic mass is 10.2. The van der Waals surface area contributed by atoms with E-state index in [1.54, 1.807) is 0 Å². The zero-order valence-electron chi connectivity index (χ0n) is 9.31. The first-order valence-electron chi connectivity index (χ1n) is 5.07. The molecular formula is C11H15FO3S. The molecule has 5 heteroatoms. The quantitative estimate of drug-likeness (QED) is 0.750. The summed E-state index contributed by atoms with van der Waals surface area (Å²) in [4.78, 5) is -0.0161. The average molecular weight is 246 g/mol. The van der Waals surface area contributed by atoms with E-state index in [0.717, 1.165) is 12.1 Å². The Morgan fingerprint density at radius 1 is 1.25 bits per heavy atom. The van der Waals surface area contributed by atoms with Crippen LogP contribution in [0.4, 0.5) is 4.39 Å². The molecule has 3 nitrogen and oxygen atoms in total. The fraction of sp³-hybridized carbons (Fsp3) is 0.455. The summed E-state index contributed by atoms with van der Waals surface area (Å²) in [6.45, 7) is 4.11. The largest absolute Gasteiger partial charge is 0.296 e. The summed E-state index contributed by atoms with van der Waals surface area (Å²) in [7, 11) is -3.74. The third-order valence-electron chi connectivity index (χ3n) is 2.04. The van der Waals surface area contributed by atoms with Gasteiger partial charge in [0.1, 0.15) is 5.82 Å². The van der Waals surface area contributed by atoms with E-state index < -0.39 is 15.9 Å². The van der Waals surface area contributed by atoms with Crippen LogP contribution in [0.1, 0.15) is 20.3 Å². The number of benzene rings is 1. The van der Waals surface area contributed by atoms with E-state index >= 15 is 0 Å². The van der Waals surface area contributed by atoms with Crippen LogP contribution >= 0.6 is 0 Å². The molecule has 0 heterocycles. The summed E-state index contributed by atoms with van der Waals surface area (Å²) in [5.74, 6) is -0.0930. The molecule has 0 unspecified atom stereocenters. The van der Waals surface area contributed by atoms with Crippen LogP contribution in [0.5, 0.6) is 0 Å². The molecule has 0 aliphatic heterocycles. The monoisotopic (exact) mass is 246 g/mol. The molecule has 0 radical (unpaired) electrons. The first-order valence-corrected chi connectivity index (χ1v) is 6.47. The van der Waals surface area contributed by atoms with Gasteiger partial charge in [0.2, 0.25) is 0 Å². The van der Waals surface area contributed by atoms with Crippen LogP contribution in [-0.4, -0.2) is 15.0 Å². The Balaban J connectivity index is 2.67. The minimum Gasteiger partial charge on any atom is -0.266 e. The Labute approximate surface area is 95.4 Å². The average Bonchev–Trinajstić information content (AvgIpc) is 2.17. The highest BCUT2D eigenvalue weighted by Crippen LogP contribution is 2.13. The van der Waals surface area contributed by atoms with Crippen LogP contribution in [0.25, 0.3) is 0 Å². The van der Waals surface area contributed by atoms with Crippen molar-refractivity contribution in [2.75, 3.05) is 6.61 Å². The van der Waals surface area contributed by atoms with Crippen molar-refractivity contribution >= 4 is 10.1 Å². The van der Waals surface area contributed by atoms with Crippen molar-refractivity contribution in [2.45, 2.75) is 25.2 Å². The van der Waals surface area contributed by atoms with Crippen LogP contribution in [0.15, 0.2) is 29.2 Å². The van der Waals surface area contributed by atoms with Crippen LogP contribution in [0.2, 0.25) is 0 Å². The lowest BCUT2D eigenvalue weighted by Crippen LogP contribution is -2.09. The third-order valence-corrected chi connectivity index (χ3v) is 3.36. The normalized spacial score (nSPS) is 12.0. The summed E-state index contributed by atoms with van der Waals surface area (Å²) in [6.07, 6.45) is 0.667. The topological polar surface area (TPSA) is 43.4 Å². The Hall–Kier alpha value is -0.940. The van der Waals surface area contributed by atoms with Crippen LogP contribution in [0.3, 0.4) is 0 Å². The van der Waals surface area contributed by atoms with Crippen molar-refractivity contribution in [2.24, 2.45) is 5.92 Å². The van der Waals surface area contributed by atoms with Crippen LogP contribution in [0, 0.1) is 11.7 Å². The van der Waals surface area contributed by atoms with E-state index in [4.69, 9.17) is 4.18 Å². The number of rotatable bonds is 5. The van der Waals surface area contributed by atoms with E-state index in [9.17, 15) is 12.8 Å². The molecule has 0 atom stereocenters. The fourth-order valence-corrected chi connectivity index (χ4v) is 1.98. The minimum atomic E-state index is -3.74.